The Morgan fingerprint density at radius 2 is 1.51 bits per heavy atom. The van der Waals surface area contributed by atoms with Gasteiger partial charge in [-0.2, -0.15) is 5.26 Å². The Hall–Kier alpha value is -1.38. The molecule has 2 atom stereocenters. The number of ether oxygens (including phenoxy) is 1. The van der Waals surface area contributed by atoms with Crippen LogP contribution in [-0.4, -0.2) is 12.4 Å². The van der Waals surface area contributed by atoms with Crippen molar-refractivity contribution in [1.29, 1.82) is 5.26 Å². The number of ketones is 1. The summed E-state index contributed by atoms with van der Waals surface area (Å²) in [5, 5.41) is 9.94. The molecule has 0 saturated heterocycles. The molecule has 0 fully saturated rings. The lowest BCUT2D eigenvalue weighted by molar-refractivity contribution is -0.122. The number of nitrogens with zero attached hydrogens (tertiary/aromatic N) is 1. The predicted molar refractivity (Wildman–Crippen MR) is 160 cm³/mol. The van der Waals surface area contributed by atoms with E-state index in [1.54, 1.807) is 23.5 Å². The number of carbonyl (C=O) groups is 1. The van der Waals surface area contributed by atoms with Gasteiger partial charge in [0.15, 0.2) is 5.78 Å². The highest BCUT2D eigenvalue weighted by Crippen LogP contribution is 2.57. The van der Waals surface area contributed by atoms with Crippen LogP contribution < -0.4 is 4.74 Å². The van der Waals surface area contributed by atoms with Crippen molar-refractivity contribution in [3.8, 4) is 11.8 Å². The molecule has 2 unspecified atom stereocenters. The first-order valence-corrected chi connectivity index (χ1v) is 16.2. The summed E-state index contributed by atoms with van der Waals surface area (Å²) in [6.07, 6.45) is 13.3. The second kappa shape index (κ2) is 15.9. The normalized spacial score (nSPS) is 16.2. The maximum absolute atomic E-state index is 13.1. The molecule has 37 heavy (non-hydrogen) atoms. The number of hydrogen-bond donors (Lipinski definition) is 0. The minimum absolute atomic E-state index is 0.0888. The van der Waals surface area contributed by atoms with Crippen LogP contribution in [0.25, 0.3) is 0 Å². The first kappa shape index (κ1) is 31.8. The number of hydrogen-bond acceptors (Lipinski definition) is 5. The van der Waals surface area contributed by atoms with E-state index in [0.717, 1.165) is 33.6 Å². The van der Waals surface area contributed by atoms with E-state index in [1.807, 2.05) is 20.8 Å². The highest BCUT2D eigenvalue weighted by molar-refractivity contribution is 8.24. The Bertz CT molecular complexity index is 955. The minimum atomic E-state index is -0.586. The lowest BCUT2D eigenvalue weighted by Crippen LogP contribution is -2.21. The van der Waals surface area contributed by atoms with Gasteiger partial charge in [-0.15, -0.1) is 0 Å². The van der Waals surface area contributed by atoms with Gasteiger partial charge in [0.2, 0.25) is 0 Å². The van der Waals surface area contributed by atoms with Crippen LogP contribution in [-0.2, 0) is 11.2 Å². The van der Waals surface area contributed by atoms with Gasteiger partial charge in [-0.05, 0) is 42.7 Å². The van der Waals surface area contributed by atoms with Crippen LogP contribution in [0.5, 0.6) is 5.75 Å². The molecule has 206 valence electrons. The van der Waals surface area contributed by atoms with Crippen molar-refractivity contribution in [1.82, 2.24) is 0 Å². The van der Waals surface area contributed by atoms with Gasteiger partial charge in [0.1, 0.15) is 17.4 Å². The third-order valence-corrected chi connectivity index (χ3v) is 10.1. The average molecular weight is 544 g/mol. The van der Waals surface area contributed by atoms with Crippen molar-refractivity contribution in [2.24, 2.45) is 17.3 Å². The highest BCUT2D eigenvalue weighted by atomic mass is 32.2. The number of unbranched alkanes of at least 4 members (excludes halogenated alkanes) is 2. The Kier molecular flexibility index (Phi) is 13.7. The van der Waals surface area contributed by atoms with Crippen LogP contribution in [0.1, 0.15) is 118 Å². The van der Waals surface area contributed by atoms with Crippen LogP contribution in [0.2, 0.25) is 0 Å². The Morgan fingerprint density at radius 1 is 0.919 bits per heavy atom. The number of nitriles is 1. The van der Waals surface area contributed by atoms with Crippen LogP contribution in [0, 0.1) is 28.6 Å². The summed E-state index contributed by atoms with van der Waals surface area (Å²) in [6.45, 7) is 15.4. The number of benzene rings is 1. The molecule has 5 heteroatoms. The molecule has 1 aromatic carbocycles. The standard InChI is InChI=1S/C32H49NO2S2/c1-8-12-15-23(10-3)17-14-18-25-19-20-27(35-22-24(11-4)16-13-9-2)29-28(25)36-31(37-29)26(21-33)30(34)32(5,6)7/h19-20,23-24H,8-18,22H2,1-7H3/b31-26-. The Labute approximate surface area is 235 Å². The topological polar surface area (TPSA) is 50.1 Å². The lowest BCUT2D eigenvalue weighted by Gasteiger charge is -2.18. The summed E-state index contributed by atoms with van der Waals surface area (Å²) in [5.74, 6) is 2.16. The molecule has 0 spiro atoms. The minimum Gasteiger partial charge on any atom is -0.492 e. The van der Waals surface area contributed by atoms with Crippen molar-refractivity contribution in [2.75, 3.05) is 6.61 Å². The number of fused-ring (bicyclic) bond motifs is 1. The fourth-order valence-electron chi connectivity index (χ4n) is 4.71. The summed E-state index contributed by atoms with van der Waals surface area (Å²) in [7, 11) is 0. The zero-order chi connectivity index (χ0) is 27.4. The van der Waals surface area contributed by atoms with Crippen LogP contribution in [0.15, 0.2) is 31.7 Å². The summed E-state index contributed by atoms with van der Waals surface area (Å²) in [4.78, 5) is 15.4. The molecule has 3 nitrogen and oxygen atoms in total. The van der Waals surface area contributed by atoms with Gasteiger partial charge in [0.25, 0.3) is 0 Å². The first-order chi connectivity index (χ1) is 17.7. The third kappa shape index (κ3) is 9.39. The monoisotopic (exact) mass is 543 g/mol. The molecule has 1 aliphatic heterocycles. The molecular formula is C32H49NO2S2. The van der Waals surface area contributed by atoms with E-state index in [9.17, 15) is 10.1 Å². The molecule has 0 aromatic heterocycles. The second-order valence-electron chi connectivity index (χ2n) is 11.5. The first-order valence-electron chi connectivity index (χ1n) is 14.5. The molecule has 2 rings (SSSR count). The number of rotatable bonds is 16. The maximum atomic E-state index is 13.1. The fraction of sp³-hybridized carbons (Fsp3) is 0.688. The molecule has 0 N–H and O–H groups in total. The van der Waals surface area contributed by atoms with E-state index in [0.29, 0.717) is 12.5 Å². The quantitative estimate of drug-likeness (QED) is 0.153. The maximum Gasteiger partial charge on any atom is 0.180 e. The van der Waals surface area contributed by atoms with Crippen molar-refractivity contribution >= 4 is 29.3 Å². The van der Waals surface area contributed by atoms with Gasteiger partial charge in [-0.3, -0.25) is 4.79 Å². The second-order valence-corrected chi connectivity index (χ2v) is 13.8. The van der Waals surface area contributed by atoms with Crippen LogP contribution in [0.4, 0.5) is 0 Å². The largest absolute Gasteiger partial charge is 0.492 e. The summed E-state index contributed by atoms with van der Waals surface area (Å²) >= 11 is 3.17. The van der Waals surface area contributed by atoms with Gasteiger partial charge in [-0.25, -0.2) is 0 Å². The van der Waals surface area contributed by atoms with Crippen molar-refractivity contribution in [3.63, 3.8) is 0 Å². The fourth-order valence-corrected chi connectivity index (χ4v) is 7.42. The number of aryl methyl sites for hydroxylation is 1. The molecule has 0 radical (unpaired) electrons. The number of allylic oxidation sites excluding steroid dienone is 1. The smallest absolute Gasteiger partial charge is 0.180 e. The SMILES string of the molecule is CCCCC(CC)CCCc1ccc(OCC(CC)CCCC)c2c1S/C(=C(\C#N)C(=O)C(C)(C)C)S2. The lowest BCUT2D eigenvalue weighted by atomic mass is 9.87. The summed E-state index contributed by atoms with van der Waals surface area (Å²) < 4.78 is 7.23. The zero-order valence-electron chi connectivity index (χ0n) is 24.4. The molecule has 1 aromatic rings. The third-order valence-electron chi connectivity index (χ3n) is 7.39. The van der Waals surface area contributed by atoms with E-state index >= 15 is 0 Å². The number of carbonyl (C=O) groups excluding carboxylic acids is 1. The summed E-state index contributed by atoms with van der Waals surface area (Å²) in [6, 6.07) is 6.59. The number of thioether (sulfide) groups is 2. The molecule has 1 heterocycles. The zero-order valence-corrected chi connectivity index (χ0v) is 26.0. The molecule has 1 aliphatic rings. The van der Waals surface area contributed by atoms with Crippen molar-refractivity contribution in [2.45, 2.75) is 129 Å². The van der Waals surface area contributed by atoms with Gasteiger partial charge >= 0.3 is 0 Å². The highest BCUT2D eigenvalue weighted by Gasteiger charge is 2.33. The Morgan fingerprint density at radius 3 is 2.08 bits per heavy atom. The summed E-state index contributed by atoms with van der Waals surface area (Å²) in [5.41, 5.74) is 1.02. The van der Waals surface area contributed by atoms with Gasteiger partial charge in [0, 0.05) is 10.3 Å². The van der Waals surface area contributed by atoms with Gasteiger partial charge in [0.05, 0.1) is 15.7 Å². The van der Waals surface area contributed by atoms with Crippen molar-refractivity contribution in [3.05, 3.63) is 27.5 Å². The molecule has 0 bridgehead atoms. The van der Waals surface area contributed by atoms with Crippen LogP contribution >= 0.6 is 23.5 Å². The van der Waals surface area contributed by atoms with Crippen molar-refractivity contribution < 1.29 is 9.53 Å². The van der Waals surface area contributed by atoms with E-state index in [4.69, 9.17) is 4.74 Å². The van der Waals surface area contributed by atoms with E-state index in [2.05, 4.69) is 45.9 Å². The molecule has 0 amide bonds. The Balaban J connectivity index is 2.31. The van der Waals surface area contributed by atoms with E-state index in [-0.39, 0.29) is 11.4 Å². The van der Waals surface area contributed by atoms with Gasteiger partial charge in [-0.1, -0.05) is 129 Å². The molecular weight excluding hydrogens is 494 g/mol. The number of Topliss-reactive ketones (excluding diaryl/α,β-unsaturated/α-hetero) is 1. The van der Waals surface area contributed by atoms with Gasteiger partial charge < -0.3 is 4.74 Å². The van der Waals surface area contributed by atoms with E-state index in [1.165, 1.54) is 68.2 Å². The average Bonchev–Trinajstić information content (AvgIpc) is 3.32. The molecule has 0 aliphatic carbocycles. The predicted octanol–water partition coefficient (Wildman–Crippen LogP) is 10.4. The molecule has 0 saturated carbocycles. The van der Waals surface area contributed by atoms with Crippen LogP contribution in [0.3, 0.4) is 0 Å². The van der Waals surface area contributed by atoms with E-state index < -0.39 is 5.41 Å².